The molecule has 0 atom stereocenters. The number of pyridine rings is 1. The number of nitrogens with one attached hydrogen (secondary N) is 1. The average Bonchev–Trinajstić information content (AvgIpc) is 3.08. The van der Waals surface area contributed by atoms with E-state index < -0.39 is 10.0 Å². The van der Waals surface area contributed by atoms with Gasteiger partial charge < -0.3 is 5.11 Å². The Morgan fingerprint density at radius 3 is 2.78 bits per heavy atom. The van der Waals surface area contributed by atoms with Crippen molar-refractivity contribution in [3.05, 3.63) is 23.5 Å². The fourth-order valence-electron chi connectivity index (χ4n) is 1.83. The summed E-state index contributed by atoms with van der Waals surface area (Å²) in [5.41, 5.74) is -0.0729. The number of halogens is 1. The van der Waals surface area contributed by atoms with Gasteiger partial charge in [0.2, 0.25) is 10.0 Å². The SMILES string of the molecule is O=S(=O)(NCC1(CCO)CC1)c1cccnc1Cl. The van der Waals surface area contributed by atoms with Crippen LogP contribution in [0.15, 0.2) is 23.2 Å². The zero-order chi connectivity index (χ0) is 13.2. The van der Waals surface area contributed by atoms with E-state index in [0.717, 1.165) is 12.8 Å². The van der Waals surface area contributed by atoms with Gasteiger partial charge in [-0.15, -0.1) is 0 Å². The molecule has 100 valence electrons. The minimum Gasteiger partial charge on any atom is -0.396 e. The minimum absolute atomic E-state index is 0.00790. The zero-order valence-electron chi connectivity index (χ0n) is 9.76. The fourth-order valence-corrected chi connectivity index (χ4v) is 3.43. The van der Waals surface area contributed by atoms with Gasteiger partial charge in [-0.25, -0.2) is 18.1 Å². The lowest BCUT2D eigenvalue weighted by Crippen LogP contribution is -2.31. The molecule has 0 unspecified atom stereocenters. The number of hydrogen-bond acceptors (Lipinski definition) is 4. The van der Waals surface area contributed by atoms with Crippen LogP contribution in [0.1, 0.15) is 19.3 Å². The van der Waals surface area contributed by atoms with E-state index in [9.17, 15) is 8.42 Å². The summed E-state index contributed by atoms with van der Waals surface area (Å²) >= 11 is 5.77. The van der Waals surface area contributed by atoms with E-state index in [1.54, 1.807) is 0 Å². The number of sulfonamides is 1. The quantitative estimate of drug-likeness (QED) is 0.771. The van der Waals surface area contributed by atoms with Crippen molar-refractivity contribution in [1.29, 1.82) is 0 Å². The van der Waals surface area contributed by atoms with Crippen LogP contribution in [0.3, 0.4) is 0 Å². The molecule has 18 heavy (non-hydrogen) atoms. The van der Waals surface area contributed by atoms with Crippen LogP contribution in [0, 0.1) is 5.41 Å². The summed E-state index contributed by atoms with van der Waals surface area (Å²) in [5.74, 6) is 0. The smallest absolute Gasteiger partial charge is 0.243 e. The van der Waals surface area contributed by atoms with Gasteiger partial charge in [0.05, 0.1) is 0 Å². The first-order valence-corrected chi connectivity index (χ1v) is 7.56. The van der Waals surface area contributed by atoms with Gasteiger partial charge in [0.15, 0.2) is 0 Å². The monoisotopic (exact) mass is 290 g/mol. The Hall–Kier alpha value is -0.690. The molecule has 5 nitrogen and oxygen atoms in total. The van der Waals surface area contributed by atoms with Crippen LogP contribution >= 0.6 is 11.6 Å². The third kappa shape index (κ3) is 3.00. The van der Waals surface area contributed by atoms with Crippen molar-refractivity contribution in [3.63, 3.8) is 0 Å². The van der Waals surface area contributed by atoms with Gasteiger partial charge in [0.25, 0.3) is 0 Å². The van der Waals surface area contributed by atoms with Crippen molar-refractivity contribution in [2.45, 2.75) is 24.2 Å². The van der Waals surface area contributed by atoms with E-state index in [1.165, 1.54) is 18.3 Å². The van der Waals surface area contributed by atoms with E-state index in [-0.39, 0.29) is 22.1 Å². The fraction of sp³-hybridized carbons (Fsp3) is 0.545. The second-order valence-electron chi connectivity index (χ2n) is 4.59. The van der Waals surface area contributed by atoms with Gasteiger partial charge >= 0.3 is 0 Å². The molecular formula is C11H15ClN2O3S. The molecular weight excluding hydrogens is 276 g/mol. The maximum atomic E-state index is 12.0. The van der Waals surface area contributed by atoms with E-state index in [1.807, 2.05) is 0 Å². The van der Waals surface area contributed by atoms with Crippen molar-refractivity contribution in [2.24, 2.45) is 5.41 Å². The molecule has 0 aliphatic heterocycles. The van der Waals surface area contributed by atoms with Crippen molar-refractivity contribution < 1.29 is 13.5 Å². The van der Waals surface area contributed by atoms with Crippen molar-refractivity contribution >= 4 is 21.6 Å². The summed E-state index contributed by atoms with van der Waals surface area (Å²) in [6.07, 6.45) is 3.94. The van der Waals surface area contributed by atoms with Gasteiger partial charge in [-0.05, 0) is 36.8 Å². The summed E-state index contributed by atoms with van der Waals surface area (Å²) in [5, 5.41) is 8.89. The highest BCUT2D eigenvalue weighted by atomic mass is 35.5. The number of hydrogen-bond donors (Lipinski definition) is 2. The van der Waals surface area contributed by atoms with Gasteiger partial charge in [-0.1, -0.05) is 11.6 Å². The molecule has 1 saturated carbocycles. The van der Waals surface area contributed by atoms with Crippen LogP contribution in [0.25, 0.3) is 0 Å². The molecule has 1 aromatic rings. The summed E-state index contributed by atoms with van der Waals surface area (Å²) in [7, 11) is -3.63. The number of nitrogens with zero attached hydrogens (tertiary/aromatic N) is 1. The first-order chi connectivity index (χ1) is 8.49. The number of aromatic nitrogens is 1. The van der Waals surface area contributed by atoms with Crippen molar-refractivity contribution in [2.75, 3.05) is 13.2 Å². The summed E-state index contributed by atoms with van der Waals surface area (Å²) in [6, 6.07) is 2.95. The highest BCUT2D eigenvalue weighted by Gasteiger charge is 2.42. The average molecular weight is 291 g/mol. The van der Waals surface area contributed by atoms with Crippen LogP contribution in [0.5, 0.6) is 0 Å². The van der Waals surface area contributed by atoms with Gasteiger partial charge in [0, 0.05) is 19.3 Å². The molecule has 1 fully saturated rings. The van der Waals surface area contributed by atoms with Gasteiger partial charge in [0.1, 0.15) is 10.0 Å². The van der Waals surface area contributed by atoms with Gasteiger partial charge in [-0.2, -0.15) is 0 Å². The Balaban J connectivity index is 2.07. The normalized spacial score (nSPS) is 17.7. The molecule has 2 rings (SSSR count). The largest absolute Gasteiger partial charge is 0.396 e. The van der Waals surface area contributed by atoms with Gasteiger partial charge in [-0.3, -0.25) is 0 Å². The molecule has 0 aromatic carbocycles. The molecule has 1 aliphatic rings. The maximum Gasteiger partial charge on any atom is 0.243 e. The zero-order valence-corrected chi connectivity index (χ0v) is 11.3. The highest BCUT2D eigenvalue weighted by Crippen LogP contribution is 2.48. The summed E-state index contributed by atoms with van der Waals surface area (Å²) in [4.78, 5) is 3.74. The molecule has 0 amide bonds. The minimum atomic E-state index is -3.63. The third-order valence-electron chi connectivity index (χ3n) is 3.25. The molecule has 0 spiro atoms. The molecule has 0 bridgehead atoms. The Morgan fingerprint density at radius 1 is 1.50 bits per heavy atom. The molecule has 2 N–H and O–H groups in total. The van der Waals surface area contributed by atoms with E-state index in [4.69, 9.17) is 16.7 Å². The third-order valence-corrected chi connectivity index (χ3v) is 5.10. The van der Waals surface area contributed by atoms with Crippen LogP contribution in [0.2, 0.25) is 5.15 Å². The first kappa shape index (κ1) is 13.7. The van der Waals surface area contributed by atoms with Crippen molar-refractivity contribution in [1.82, 2.24) is 9.71 Å². The van der Waals surface area contributed by atoms with E-state index >= 15 is 0 Å². The topological polar surface area (TPSA) is 79.3 Å². The van der Waals surface area contributed by atoms with Crippen LogP contribution in [0.4, 0.5) is 0 Å². The lowest BCUT2D eigenvalue weighted by molar-refractivity contribution is 0.249. The molecule has 0 radical (unpaired) electrons. The van der Waals surface area contributed by atoms with E-state index in [2.05, 4.69) is 9.71 Å². The lowest BCUT2D eigenvalue weighted by atomic mass is 10.0. The molecule has 0 saturated heterocycles. The Morgan fingerprint density at radius 2 is 2.22 bits per heavy atom. The molecule has 1 aliphatic carbocycles. The summed E-state index contributed by atoms with van der Waals surface area (Å²) < 4.78 is 26.6. The lowest BCUT2D eigenvalue weighted by Gasteiger charge is -2.15. The Bertz CT molecular complexity index is 529. The predicted octanol–water partition coefficient (Wildman–Crippen LogP) is 1.18. The predicted molar refractivity (Wildman–Crippen MR) is 67.8 cm³/mol. The maximum absolute atomic E-state index is 12.0. The molecule has 1 heterocycles. The van der Waals surface area contributed by atoms with Crippen LogP contribution in [-0.4, -0.2) is 31.7 Å². The molecule has 1 aromatic heterocycles. The Labute approximate surface area is 111 Å². The number of aliphatic hydroxyl groups is 1. The first-order valence-electron chi connectivity index (χ1n) is 5.70. The van der Waals surface area contributed by atoms with Crippen LogP contribution < -0.4 is 4.72 Å². The summed E-state index contributed by atoms with van der Waals surface area (Å²) in [6.45, 7) is 0.413. The molecule has 7 heteroatoms. The Kier molecular flexibility index (Phi) is 3.91. The standard InChI is InChI=1S/C11H15ClN2O3S/c12-10-9(2-1-6-13-10)18(16,17)14-8-11(3-4-11)5-7-15/h1-2,6,14-15H,3-5,7-8H2. The second-order valence-corrected chi connectivity index (χ2v) is 6.68. The van der Waals surface area contributed by atoms with Crippen LogP contribution in [-0.2, 0) is 10.0 Å². The second kappa shape index (κ2) is 5.13. The highest BCUT2D eigenvalue weighted by molar-refractivity contribution is 7.89. The number of aliphatic hydroxyl groups excluding tert-OH is 1. The van der Waals surface area contributed by atoms with E-state index in [0.29, 0.717) is 13.0 Å². The van der Waals surface area contributed by atoms with Crippen molar-refractivity contribution in [3.8, 4) is 0 Å². The number of rotatable bonds is 6.